The minimum absolute atomic E-state index is 0.0468. The van der Waals surface area contributed by atoms with Gasteiger partial charge in [-0.15, -0.1) is 10.2 Å². The van der Waals surface area contributed by atoms with E-state index in [1.165, 1.54) is 0 Å². The number of aromatic nitrogens is 5. The van der Waals surface area contributed by atoms with E-state index in [2.05, 4.69) is 45.8 Å². The number of pyridine rings is 2. The van der Waals surface area contributed by atoms with E-state index in [0.29, 0.717) is 30.5 Å². The summed E-state index contributed by atoms with van der Waals surface area (Å²) in [5, 5.41) is 12.1. The van der Waals surface area contributed by atoms with Crippen LogP contribution in [0.5, 0.6) is 0 Å². The maximum atomic E-state index is 13.6. The number of fused-ring (bicyclic) bond motifs is 2. The Morgan fingerprint density at radius 3 is 2.82 bits per heavy atom. The van der Waals surface area contributed by atoms with Crippen molar-refractivity contribution in [1.82, 2.24) is 30.0 Å². The predicted molar refractivity (Wildman–Crippen MR) is 132 cm³/mol. The lowest BCUT2D eigenvalue weighted by atomic mass is 10.1. The minimum Gasteiger partial charge on any atom is -0.357 e. The van der Waals surface area contributed by atoms with Crippen LogP contribution in [0.15, 0.2) is 24.3 Å². The highest BCUT2D eigenvalue weighted by molar-refractivity contribution is 6.10. The first kappa shape index (κ1) is 22.5. The molecule has 0 radical (unpaired) electrons. The van der Waals surface area contributed by atoms with Gasteiger partial charge >= 0.3 is 0 Å². The molecule has 9 nitrogen and oxygen atoms in total. The Bertz CT molecular complexity index is 1230. The Kier molecular flexibility index (Phi) is 5.81. The van der Waals surface area contributed by atoms with Crippen LogP contribution < -0.4 is 15.1 Å². The minimum atomic E-state index is -0.0468. The van der Waals surface area contributed by atoms with E-state index in [1.54, 1.807) is 4.90 Å². The lowest BCUT2D eigenvalue weighted by molar-refractivity contribution is 0.0996. The fourth-order valence-electron chi connectivity index (χ4n) is 4.81. The summed E-state index contributed by atoms with van der Waals surface area (Å²) in [5.41, 5.74) is 3.29. The summed E-state index contributed by atoms with van der Waals surface area (Å²) in [6, 6.07) is 8.29. The maximum absolute atomic E-state index is 13.6. The van der Waals surface area contributed by atoms with Crippen molar-refractivity contribution in [2.24, 2.45) is 0 Å². The van der Waals surface area contributed by atoms with E-state index >= 15 is 0 Å². The van der Waals surface area contributed by atoms with Gasteiger partial charge in [0.25, 0.3) is 5.91 Å². The molecule has 1 atom stereocenters. The van der Waals surface area contributed by atoms with Crippen LogP contribution in [0.1, 0.15) is 67.1 Å². The quantitative estimate of drug-likeness (QED) is 0.603. The molecule has 0 bridgehead atoms. The molecule has 0 fully saturated rings. The van der Waals surface area contributed by atoms with E-state index in [4.69, 9.17) is 9.97 Å². The van der Waals surface area contributed by atoms with Crippen molar-refractivity contribution in [3.05, 3.63) is 46.9 Å². The molecular weight excluding hydrogens is 428 g/mol. The maximum Gasteiger partial charge on any atom is 0.260 e. The summed E-state index contributed by atoms with van der Waals surface area (Å²) in [4.78, 5) is 27.1. The molecule has 34 heavy (non-hydrogen) atoms. The number of nitrogens with zero attached hydrogens (tertiary/aromatic N) is 7. The van der Waals surface area contributed by atoms with Crippen LogP contribution in [-0.2, 0) is 19.5 Å². The smallest absolute Gasteiger partial charge is 0.260 e. The molecule has 2 aliphatic rings. The molecule has 3 aromatic heterocycles. The SMILES string of the molecule is CNCc1nc(N(C)C(C)C)cc2c1CN(c1cccc(-c3nnc4n3C(C)CCC4)n1)C2=O. The number of hydrogen-bond acceptors (Lipinski definition) is 7. The van der Waals surface area contributed by atoms with Crippen LogP contribution in [0.3, 0.4) is 0 Å². The highest BCUT2D eigenvalue weighted by Crippen LogP contribution is 2.34. The van der Waals surface area contributed by atoms with E-state index in [0.717, 1.165) is 53.7 Å². The van der Waals surface area contributed by atoms with Crippen molar-refractivity contribution in [2.75, 3.05) is 23.9 Å². The summed E-state index contributed by atoms with van der Waals surface area (Å²) in [6.45, 7) is 7.47. The third-order valence-electron chi connectivity index (χ3n) is 6.94. The van der Waals surface area contributed by atoms with Gasteiger partial charge in [-0.2, -0.15) is 0 Å². The third-order valence-corrected chi connectivity index (χ3v) is 6.94. The standard InChI is InChI=1S/C25H32N8O/c1-15(2)31(5)23-12-17-18(20(28-23)13-26-4)14-32(25(17)34)21-10-7-9-19(27-21)24-30-29-22-11-6-8-16(3)33(22)24/h7,9-10,12,15-16,26H,6,8,11,13-14H2,1-5H3. The first-order valence-corrected chi connectivity index (χ1v) is 12.0. The Labute approximate surface area is 200 Å². The number of aryl methyl sites for hydroxylation is 1. The molecule has 0 aliphatic carbocycles. The van der Waals surface area contributed by atoms with Gasteiger partial charge in [0.2, 0.25) is 0 Å². The summed E-state index contributed by atoms with van der Waals surface area (Å²) in [6.07, 6.45) is 3.17. The van der Waals surface area contributed by atoms with Gasteiger partial charge in [0.05, 0.1) is 17.8 Å². The summed E-state index contributed by atoms with van der Waals surface area (Å²) >= 11 is 0. The van der Waals surface area contributed by atoms with Crippen LogP contribution in [0.4, 0.5) is 11.6 Å². The van der Waals surface area contributed by atoms with E-state index in [1.807, 2.05) is 38.4 Å². The van der Waals surface area contributed by atoms with Crippen LogP contribution in [-0.4, -0.2) is 50.8 Å². The molecule has 2 aliphatic heterocycles. The molecule has 5 rings (SSSR count). The van der Waals surface area contributed by atoms with Crippen molar-refractivity contribution in [3.8, 4) is 11.5 Å². The molecule has 1 unspecified atom stereocenters. The second-order valence-corrected chi connectivity index (χ2v) is 9.51. The molecule has 178 valence electrons. The van der Waals surface area contributed by atoms with E-state index < -0.39 is 0 Å². The van der Waals surface area contributed by atoms with Crippen LogP contribution >= 0.6 is 0 Å². The largest absolute Gasteiger partial charge is 0.357 e. The zero-order valence-electron chi connectivity index (χ0n) is 20.5. The van der Waals surface area contributed by atoms with Gasteiger partial charge in [-0.05, 0) is 58.9 Å². The molecule has 0 aromatic carbocycles. The van der Waals surface area contributed by atoms with Gasteiger partial charge in [-0.1, -0.05) is 6.07 Å². The first-order valence-electron chi connectivity index (χ1n) is 12.0. The lowest BCUT2D eigenvalue weighted by Gasteiger charge is -2.24. The van der Waals surface area contributed by atoms with Gasteiger partial charge in [-0.3, -0.25) is 9.69 Å². The van der Waals surface area contributed by atoms with Crippen LogP contribution in [0.2, 0.25) is 0 Å². The van der Waals surface area contributed by atoms with Crippen LogP contribution in [0.25, 0.3) is 11.5 Å². The Morgan fingerprint density at radius 2 is 2.06 bits per heavy atom. The molecule has 9 heteroatoms. The average molecular weight is 461 g/mol. The Morgan fingerprint density at radius 1 is 1.24 bits per heavy atom. The highest BCUT2D eigenvalue weighted by Gasteiger charge is 2.33. The number of carbonyl (C=O) groups excluding carboxylic acids is 1. The van der Waals surface area contributed by atoms with Gasteiger partial charge in [0, 0.05) is 37.7 Å². The number of hydrogen-bond donors (Lipinski definition) is 1. The number of carbonyl (C=O) groups is 1. The Hall–Kier alpha value is -3.33. The van der Waals surface area contributed by atoms with Crippen molar-refractivity contribution in [2.45, 2.75) is 65.2 Å². The number of nitrogens with one attached hydrogen (secondary N) is 1. The molecule has 0 saturated carbocycles. The van der Waals surface area contributed by atoms with Crippen molar-refractivity contribution in [3.63, 3.8) is 0 Å². The summed E-state index contributed by atoms with van der Waals surface area (Å²) in [7, 11) is 3.90. The second-order valence-electron chi connectivity index (χ2n) is 9.51. The topological polar surface area (TPSA) is 92.1 Å². The molecule has 3 aromatic rings. The second kappa shape index (κ2) is 8.79. The van der Waals surface area contributed by atoms with Crippen molar-refractivity contribution in [1.29, 1.82) is 0 Å². The molecule has 1 amide bonds. The Balaban J connectivity index is 1.51. The molecule has 0 spiro atoms. The fraction of sp³-hybridized carbons (Fsp3) is 0.480. The monoisotopic (exact) mass is 460 g/mol. The van der Waals surface area contributed by atoms with Gasteiger partial charge in [0.1, 0.15) is 23.2 Å². The zero-order valence-corrected chi connectivity index (χ0v) is 20.5. The first-order chi connectivity index (χ1) is 16.4. The van der Waals surface area contributed by atoms with Gasteiger partial charge < -0.3 is 14.8 Å². The fourth-order valence-corrected chi connectivity index (χ4v) is 4.81. The lowest BCUT2D eigenvalue weighted by Crippen LogP contribution is -2.27. The molecule has 1 N–H and O–H groups in total. The summed E-state index contributed by atoms with van der Waals surface area (Å²) < 4.78 is 2.19. The number of anilines is 2. The normalized spacial score (nSPS) is 17.3. The van der Waals surface area contributed by atoms with Gasteiger partial charge in [-0.25, -0.2) is 9.97 Å². The number of amides is 1. The summed E-state index contributed by atoms with van der Waals surface area (Å²) in [5.74, 6) is 3.16. The van der Waals surface area contributed by atoms with Crippen molar-refractivity contribution >= 4 is 17.5 Å². The zero-order chi connectivity index (χ0) is 24.0. The molecule has 5 heterocycles. The molecular formula is C25H32N8O. The van der Waals surface area contributed by atoms with Crippen molar-refractivity contribution < 1.29 is 4.79 Å². The third kappa shape index (κ3) is 3.73. The number of rotatable bonds is 6. The average Bonchev–Trinajstić information content (AvgIpc) is 3.41. The van der Waals surface area contributed by atoms with E-state index in [-0.39, 0.29) is 11.9 Å². The van der Waals surface area contributed by atoms with Gasteiger partial charge in [0.15, 0.2) is 5.82 Å². The van der Waals surface area contributed by atoms with E-state index in [9.17, 15) is 4.79 Å². The molecule has 0 saturated heterocycles. The van der Waals surface area contributed by atoms with Crippen LogP contribution in [0, 0.1) is 0 Å². The predicted octanol–water partition coefficient (Wildman–Crippen LogP) is 3.36. The highest BCUT2D eigenvalue weighted by atomic mass is 16.2.